The van der Waals surface area contributed by atoms with Crippen molar-refractivity contribution in [2.45, 2.75) is 26.4 Å². The van der Waals surface area contributed by atoms with Crippen LogP contribution >= 0.6 is 0 Å². The molecule has 4 aromatic rings. The molecular formula is C25H29F3N6O3. The van der Waals surface area contributed by atoms with E-state index in [4.69, 9.17) is 9.90 Å². The molecule has 0 spiro atoms. The predicted octanol–water partition coefficient (Wildman–Crippen LogP) is 4.01. The van der Waals surface area contributed by atoms with Gasteiger partial charge >= 0.3 is 12.1 Å². The zero-order chi connectivity index (χ0) is 27.2. The third-order valence-corrected chi connectivity index (χ3v) is 5.92. The molecule has 37 heavy (non-hydrogen) atoms. The fraction of sp³-hybridized carbons (Fsp3) is 0.360. The summed E-state index contributed by atoms with van der Waals surface area (Å²) in [5.74, 6) is -2.37. The summed E-state index contributed by atoms with van der Waals surface area (Å²) >= 11 is 0. The maximum Gasteiger partial charge on any atom is 0.490 e. The molecule has 0 unspecified atom stereocenters. The summed E-state index contributed by atoms with van der Waals surface area (Å²) in [5, 5.41) is 11.3. The van der Waals surface area contributed by atoms with Gasteiger partial charge in [-0.1, -0.05) is 32.0 Å². The summed E-state index contributed by atoms with van der Waals surface area (Å²) in [4.78, 5) is 33.2. The minimum Gasteiger partial charge on any atom is -0.475 e. The molecular weight excluding hydrogens is 489 g/mol. The first-order chi connectivity index (χ1) is 17.6. The van der Waals surface area contributed by atoms with Gasteiger partial charge in [0.05, 0.1) is 16.6 Å². The van der Waals surface area contributed by atoms with Crippen LogP contribution in [0.15, 0.2) is 48.8 Å². The zero-order valence-electron chi connectivity index (χ0n) is 20.8. The topological polar surface area (TPSA) is 105 Å². The van der Waals surface area contributed by atoms with Crippen molar-refractivity contribution in [3.05, 3.63) is 54.5 Å². The first-order valence-electron chi connectivity index (χ1n) is 11.8. The molecule has 9 nitrogen and oxygen atoms in total. The van der Waals surface area contributed by atoms with Crippen molar-refractivity contribution in [1.29, 1.82) is 0 Å². The van der Waals surface area contributed by atoms with E-state index < -0.39 is 12.1 Å². The molecule has 0 radical (unpaired) electrons. The van der Waals surface area contributed by atoms with E-state index in [1.165, 1.54) is 0 Å². The average molecular weight is 519 g/mol. The van der Waals surface area contributed by atoms with Crippen LogP contribution in [0.2, 0.25) is 0 Å². The monoisotopic (exact) mass is 518 g/mol. The van der Waals surface area contributed by atoms with Crippen LogP contribution in [-0.4, -0.2) is 73.3 Å². The molecule has 3 aromatic heterocycles. The lowest BCUT2D eigenvalue weighted by molar-refractivity contribution is -0.192. The maximum absolute atomic E-state index is 13.1. The number of hydrogen-bond acceptors (Lipinski definition) is 5. The van der Waals surface area contributed by atoms with E-state index in [0.717, 1.165) is 48.0 Å². The van der Waals surface area contributed by atoms with Gasteiger partial charge in [-0.3, -0.25) is 9.36 Å². The number of nitrogens with one attached hydrogen (secondary N) is 1. The second-order valence-electron chi connectivity index (χ2n) is 8.16. The van der Waals surface area contributed by atoms with Gasteiger partial charge < -0.3 is 19.9 Å². The van der Waals surface area contributed by atoms with Crippen molar-refractivity contribution >= 4 is 33.8 Å². The number of rotatable bonds is 8. The van der Waals surface area contributed by atoms with Crippen LogP contribution in [0.3, 0.4) is 0 Å². The molecule has 0 fully saturated rings. The van der Waals surface area contributed by atoms with E-state index in [2.05, 4.69) is 50.7 Å². The van der Waals surface area contributed by atoms with Crippen molar-refractivity contribution in [2.75, 3.05) is 26.2 Å². The van der Waals surface area contributed by atoms with Crippen LogP contribution in [0.25, 0.3) is 27.9 Å². The molecule has 0 saturated carbocycles. The minimum absolute atomic E-state index is 0.109. The molecule has 3 heterocycles. The molecule has 4 rings (SSSR count). The Morgan fingerprint density at radius 3 is 2.27 bits per heavy atom. The van der Waals surface area contributed by atoms with Gasteiger partial charge in [0.2, 0.25) is 5.95 Å². The van der Waals surface area contributed by atoms with E-state index in [-0.39, 0.29) is 5.91 Å². The van der Waals surface area contributed by atoms with Crippen LogP contribution < -0.4 is 5.32 Å². The number of halogens is 3. The zero-order valence-corrected chi connectivity index (χ0v) is 20.8. The number of carboxylic acid groups (broad SMARTS) is 1. The Labute approximate surface area is 211 Å². The van der Waals surface area contributed by atoms with Crippen LogP contribution in [0.1, 0.15) is 30.8 Å². The van der Waals surface area contributed by atoms with E-state index in [1.807, 2.05) is 29.8 Å². The third-order valence-electron chi connectivity index (χ3n) is 5.92. The summed E-state index contributed by atoms with van der Waals surface area (Å²) in [6.07, 6.45) is -0.769. The molecule has 12 heteroatoms. The van der Waals surface area contributed by atoms with E-state index >= 15 is 0 Å². The second kappa shape index (κ2) is 11.9. The molecule has 0 aliphatic heterocycles. The van der Waals surface area contributed by atoms with Crippen LogP contribution in [-0.2, 0) is 11.8 Å². The number of carbonyl (C=O) groups is 2. The quantitative estimate of drug-likeness (QED) is 0.342. The Balaban J connectivity index is 0.000000479. The molecule has 0 aliphatic rings. The first-order valence-corrected chi connectivity index (χ1v) is 11.8. The lowest BCUT2D eigenvalue weighted by Crippen LogP contribution is -2.31. The van der Waals surface area contributed by atoms with E-state index in [1.54, 1.807) is 18.5 Å². The summed E-state index contributed by atoms with van der Waals surface area (Å²) in [6, 6.07) is 11.9. The summed E-state index contributed by atoms with van der Waals surface area (Å²) in [6.45, 7) is 7.97. The first kappa shape index (κ1) is 27.7. The minimum atomic E-state index is -5.08. The van der Waals surface area contributed by atoms with Gasteiger partial charge in [-0.25, -0.2) is 14.8 Å². The molecule has 198 valence electrons. The number of nitrogens with zero attached hydrogens (tertiary/aromatic N) is 5. The molecule has 0 bridgehead atoms. The number of amides is 1. The van der Waals surface area contributed by atoms with Crippen molar-refractivity contribution in [1.82, 2.24) is 29.3 Å². The van der Waals surface area contributed by atoms with E-state index in [9.17, 15) is 18.0 Å². The third kappa shape index (κ3) is 6.26. The second-order valence-corrected chi connectivity index (χ2v) is 8.16. The van der Waals surface area contributed by atoms with Crippen LogP contribution in [0, 0.1) is 0 Å². The highest BCUT2D eigenvalue weighted by atomic mass is 19.4. The van der Waals surface area contributed by atoms with Crippen LogP contribution in [0.5, 0.6) is 0 Å². The van der Waals surface area contributed by atoms with Gasteiger partial charge in [0, 0.05) is 31.4 Å². The van der Waals surface area contributed by atoms with Crippen LogP contribution in [0.4, 0.5) is 13.2 Å². The number of para-hydroxylation sites is 1. The van der Waals surface area contributed by atoms with Crippen molar-refractivity contribution < 1.29 is 27.9 Å². The standard InChI is InChI=1S/C23H28N6O.C2HF3O2/c1-4-28(5-2)15-9-14-24-22(30)20-16-19-21(29(20)23-25-12-8-13-26-23)17-10-6-7-11-18(17)27(19)3;3-2(4,5)1(6)7/h6-8,10-13,16H,4-5,9,14-15H2,1-3H3,(H,24,30);(H,6,7). The highest BCUT2D eigenvalue weighted by molar-refractivity contribution is 6.10. The van der Waals surface area contributed by atoms with Gasteiger partial charge in [-0.15, -0.1) is 0 Å². The smallest absolute Gasteiger partial charge is 0.475 e. The van der Waals surface area contributed by atoms with Gasteiger partial charge in [-0.2, -0.15) is 13.2 Å². The van der Waals surface area contributed by atoms with E-state index in [0.29, 0.717) is 18.2 Å². The molecule has 0 saturated heterocycles. The normalized spacial score (nSPS) is 11.5. The largest absolute Gasteiger partial charge is 0.490 e. The van der Waals surface area contributed by atoms with Gasteiger partial charge in [-0.05, 0) is 44.3 Å². The fourth-order valence-corrected chi connectivity index (χ4v) is 4.02. The number of aromatic nitrogens is 4. The number of carboxylic acids is 1. The highest BCUT2D eigenvalue weighted by Crippen LogP contribution is 2.32. The molecule has 0 atom stereocenters. The fourth-order valence-electron chi connectivity index (χ4n) is 4.02. The number of fused-ring (bicyclic) bond motifs is 3. The van der Waals surface area contributed by atoms with Gasteiger partial charge in [0.15, 0.2) is 0 Å². The molecule has 1 aromatic carbocycles. The summed E-state index contributed by atoms with van der Waals surface area (Å²) in [7, 11) is 2.02. The number of hydrogen-bond donors (Lipinski definition) is 2. The summed E-state index contributed by atoms with van der Waals surface area (Å²) in [5.41, 5.74) is 3.60. The lowest BCUT2D eigenvalue weighted by atomic mass is 10.2. The Morgan fingerprint density at radius 1 is 1.05 bits per heavy atom. The SMILES string of the molecule is CCN(CC)CCCNC(=O)c1cc2c(c3ccccc3n2C)n1-c1ncccn1.O=C(O)C(F)(F)F. The Bertz CT molecular complexity index is 1360. The van der Waals surface area contributed by atoms with Gasteiger partial charge in [0.25, 0.3) is 5.91 Å². The number of aryl methyl sites for hydroxylation is 1. The number of aliphatic carboxylic acids is 1. The van der Waals surface area contributed by atoms with Crippen molar-refractivity contribution in [2.24, 2.45) is 7.05 Å². The predicted molar refractivity (Wildman–Crippen MR) is 134 cm³/mol. The average Bonchev–Trinajstić information content (AvgIpc) is 3.40. The number of benzene rings is 1. The number of alkyl halides is 3. The Hall–Kier alpha value is -3.93. The Kier molecular flexibility index (Phi) is 8.87. The van der Waals surface area contributed by atoms with Crippen molar-refractivity contribution in [3.8, 4) is 5.95 Å². The molecule has 2 N–H and O–H groups in total. The van der Waals surface area contributed by atoms with Crippen molar-refractivity contribution in [3.63, 3.8) is 0 Å². The molecule has 1 amide bonds. The van der Waals surface area contributed by atoms with Gasteiger partial charge in [0.1, 0.15) is 5.69 Å². The molecule has 0 aliphatic carbocycles. The Morgan fingerprint density at radius 2 is 1.68 bits per heavy atom. The number of carbonyl (C=O) groups excluding carboxylic acids is 1. The maximum atomic E-state index is 13.1. The highest BCUT2D eigenvalue weighted by Gasteiger charge is 2.38. The lowest BCUT2D eigenvalue weighted by Gasteiger charge is -2.17. The summed E-state index contributed by atoms with van der Waals surface area (Å²) < 4.78 is 35.7.